The van der Waals surface area contributed by atoms with Gasteiger partial charge in [-0.2, -0.15) is 4.39 Å². The van der Waals surface area contributed by atoms with E-state index in [0.29, 0.717) is 48.1 Å². The topological polar surface area (TPSA) is 78.1 Å². The maximum Gasteiger partial charge on any atom is 0.269 e. The van der Waals surface area contributed by atoms with Gasteiger partial charge in [-0.15, -0.1) is 0 Å². The molecule has 0 unspecified atom stereocenters. The minimum atomic E-state index is -0.680. The second-order valence-corrected chi connectivity index (χ2v) is 7.61. The molecule has 1 aromatic carbocycles. The largest absolute Gasteiger partial charge is 0.354 e. The molecular formula is C23H22F2N4O2. The Balaban J connectivity index is 1.51. The summed E-state index contributed by atoms with van der Waals surface area (Å²) in [5.74, 6) is -1.55. The van der Waals surface area contributed by atoms with E-state index in [1.807, 2.05) is 11.0 Å². The average molecular weight is 424 g/mol. The molecule has 160 valence electrons. The van der Waals surface area contributed by atoms with Crippen LogP contribution < -0.4 is 10.9 Å². The first-order valence-corrected chi connectivity index (χ1v) is 9.98. The SMILES string of the molecule is CNC(=O)c1ccc(C2=CCN(Cc3ccc4cc(C)c(=O)[nH]c4c3F)CC2)c(F)n1. The van der Waals surface area contributed by atoms with E-state index in [-0.39, 0.29) is 16.8 Å². The molecule has 0 spiro atoms. The summed E-state index contributed by atoms with van der Waals surface area (Å²) in [6, 6.07) is 8.27. The number of carbonyl (C=O) groups is 1. The Bertz CT molecular complexity index is 1270. The van der Waals surface area contributed by atoms with Gasteiger partial charge in [0.2, 0.25) is 5.95 Å². The van der Waals surface area contributed by atoms with Gasteiger partial charge in [0.15, 0.2) is 5.82 Å². The monoisotopic (exact) mass is 424 g/mol. The van der Waals surface area contributed by atoms with Gasteiger partial charge in [-0.05, 0) is 37.1 Å². The molecule has 8 heteroatoms. The zero-order valence-corrected chi connectivity index (χ0v) is 17.3. The number of halogens is 2. The highest BCUT2D eigenvalue weighted by molar-refractivity contribution is 5.92. The fraction of sp³-hybridized carbons (Fsp3) is 0.261. The molecule has 31 heavy (non-hydrogen) atoms. The first-order valence-electron chi connectivity index (χ1n) is 9.98. The Hall–Kier alpha value is -3.39. The van der Waals surface area contributed by atoms with E-state index in [0.717, 1.165) is 5.57 Å². The van der Waals surface area contributed by atoms with Crippen LogP contribution in [0.5, 0.6) is 0 Å². The average Bonchev–Trinajstić information content (AvgIpc) is 2.77. The maximum atomic E-state index is 15.0. The summed E-state index contributed by atoms with van der Waals surface area (Å²) in [6.45, 7) is 3.20. The molecule has 4 rings (SSSR count). The third-order valence-electron chi connectivity index (χ3n) is 5.56. The zero-order valence-electron chi connectivity index (χ0n) is 17.3. The predicted molar refractivity (Wildman–Crippen MR) is 115 cm³/mol. The molecule has 3 aromatic rings. The van der Waals surface area contributed by atoms with E-state index in [9.17, 15) is 18.4 Å². The number of pyridine rings is 2. The summed E-state index contributed by atoms with van der Waals surface area (Å²) in [5.41, 5.74) is 2.16. The summed E-state index contributed by atoms with van der Waals surface area (Å²) in [6.07, 6.45) is 2.47. The van der Waals surface area contributed by atoms with Crippen LogP contribution in [0, 0.1) is 18.7 Å². The molecule has 0 aliphatic carbocycles. The van der Waals surface area contributed by atoms with Crippen LogP contribution in [0.2, 0.25) is 0 Å². The quantitative estimate of drug-likeness (QED) is 0.631. The molecule has 6 nitrogen and oxygen atoms in total. The Labute approximate surface area is 177 Å². The first-order chi connectivity index (χ1) is 14.9. The molecule has 0 saturated heterocycles. The normalized spacial score (nSPS) is 14.5. The van der Waals surface area contributed by atoms with E-state index in [1.165, 1.54) is 13.1 Å². The fourth-order valence-electron chi connectivity index (χ4n) is 3.78. The minimum absolute atomic E-state index is 0.0294. The van der Waals surface area contributed by atoms with Crippen molar-refractivity contribution < 1.29 is 13.6 Å². The highest BCUT2D eigenvalue weighted by Crippen LogP contribution is 2.26. The molecule has 0 radical (unpaired) electrons. The molecule has 2 aromatic heterocycles. The van der Waals surface area contributed by atoms with E-state index in [2.05, 4.69) is 15.3 Å². The number of aromatic amines is 1. The molecule has 1 aliphatic rings. The van der Waals surface area contributed by atoms with Gasteiger partial charge in [0.25, 0.3) is 11.5 Å². The summed E-state index contributed by atoms with van der Waals surface area (Å²) in [4.78, 5) is 31.9. The first kappa shape index (κ1) is 20.9. The van der Waals surface area contributed by atoms with E-state index < -0.39 is 17.7 Å². The summed E-state index contributed by atoms with van der Waals surface area (Å²) < 4.78 is 29.4. The molecule has 0 saturated carbocycles. The Kier molecular flexibility index (Phi) is 5.65. The number of amides is 1. The Morgan fingerprint density at radius 2 is 2.06 bits per heavy atom. The number of fused-ring (bicyclic) bond motifs is 1. The van der Waals surface area contributed by atoms with E-state index in [4.69, 9.17) is 0 Å². The summed E-state index contributed by atoms with van der Waals surface area (Å²) in [7, 11) is 1.46. The summed E-state index contributed by atoms with van der Waals surface area (Å²) >= 11 is 0. The van der Waals surface area contributed by atoms with Crippen LogP contribution in [0.4, 0.5) is 8.78 Å². The van der Waals surface area contributed by atoms with E-state index >= 15 is 0 Å². The lowest BCUT2D eigenvalue weighted by Gasteiger charge is -2.26. The van der Waals surface area contributed by atoms with Gasteiger partial charge in [-0.25, -0.2) is 9.37 Å². The third kappa shape index (κ3) is 4.11. The van der Waals surface area contributed by atoms with Crippen LogP contribution in [0.3, 0.4) is 0 Å². The van der Waals surface area contributed by atoms with Crippen molar-refractivity contribution in [1.29, 1.82) is 0 Å². The van der Waals surface area contributed by atoms with Gasteiger partial charge in [0.05, 0.1) is 5.52 Å². The summed E-state index contributed by atoms with van der Waals surface area (Å²) in [5, 5.41) is 3.07. The second kappa shape index (κ2) is 8.39. The van der Waals surface area contributed by atoms with Crippen molar-refractivity contribution in [3.8, 4) is 0 Å². The van der Waals surface area contributed by atoms with Crippen LogP contribution >= 0.6 is 0 Å². The molecule has 3 heterocycles. The zero-order chi connectivity index (χ0) is 22.1. The number of benzene rings is 1. The van der Waals surface area contributed by atoms with Gasteiger partial charge < -0.3 is 10.3 Å². The van der Waals surface area contributed by atoms with Gasteiger partial charge in [0.1, 0.15) is 5.69 Å². The molecule has 0 fully saturated rings. The van der Waals surface area contributed by atoms with Crippen molar-refractivity contribution in [1.82, 2.24) is 20.2 Å². The number of aryl methyl sites for hydroxylation is 1. The number of H-pyrrole nitrogens is 1. The van der Waals surface area contributed by atoms with Crippen molar-refractivity contribution in [3.05, 3.63) is 80.9 Å². The van der Waals surface area contributed by atoms with Crippen molar-refractivity contribution in [3.63, 3.8) is 0 Å². The van der Waals surface area contributed by atoms with Gasteiger partial charge in [-0.1, -0.05) is 18.2 Å². The molecule has 1 amide bonds. The van der Waals surface area contributed by atoms with Crippen LogP contribution in [-0.2, 0) is 6.54 Å². The van der Waals surface area contributed by atoms with Gasteiger partial charge in [-0.3, -0.25) is 14.5 Å². The lowest BCUT2D eigenvalue weighted by molar-refractivity contribution is 0.0957. The second-order valence-electron chi connectivity index (χ2n) is 7.61. The number of nitrogens with zero attached hydrogens (tertiary/aromatic N) is 2. The Morgan fingerprint density at radius 3 is 2.74 bits per heavy atom. The number of rotatable bonds is 4. The van der Waals surface area contributed by atoms with E-state index in [1.54, 1.807) is 31.2 Å². The lowest BCUT2D eigenvalue weighted by atomic mass is 9.99. The molecular weight excluding hydrogens is 402 g/mol. The lowest BCUT2D eigenvalue weighted by Crippen LogP contribution is -2.28. The maximum absolute atomic E-state index is 15.0. The number of aromatic nitrogens is 2. The van der Waals surface area contributed by atoms with Crippen molar-refractivity contribution >= 4 is 22.4 Å². The fourth-order valence-corrected chi connectivity index (χ4v) is 3.78. The standard InChI is InChI=1S/C23H22F2N4O2/c1-13-11-15-3-4-16(19(24)20(15)28-22(13)30)12-29-9-7-14(8-10-29)17-5-6-18(23(31)26-2)27-21(17)25/h3-7,11H,8-10,12H2,1-2H3,(H,26,31)(H,28,30). The highest BCUT2D eigenvalue weighted by atomic mass is 19.1. The van der Waals surface area contributed by atoms with Crippen LogP contribution in [0.15, 0.2) is 41.2 Å². The minimum Gasteiger partial charge on any atom is -0.354 e. The smallest absolute Gasteiger partial charge is 0.269 e. The number of carbonyl (C=O) groups excluding carboxylic acids is 1. The van der Waals surface area contributed by atoms with Gasteiger partial charge in [0, 0.05) is 48.8 Å². The predicted octanol–water partition coefficient (Wildman–Crippen LogP) is 3.16. The van der Waals surface area contributed by atoms with Crippen molar-refractivity contribution in [2.75, 3.05) is 20.1 Å². The molecule has 1 aliphatic heterocycles. The molecule has 2 N–H and O–H groups in total. The molecule has 0 atom stereocenters. The third-order valence-corrected chi connectivity index (χ3v) is 5.56. The number of hydrogen-bond donors (Lipinski definition) is 2. The number of nitrogens with one attached hydrogen (secondary N) is 2. The highest BCUT2D eigenvalue weighted by Gasteiger charge is 2.19. The van der Waals surface area contributed by atoms with Crippen molar-refractivity contribution in [2.45, 2.75) is 19.9 Å². The Morgan fingerprint density at radius 1 is 1.26 bits per heavy atom. The number of hydrogen-bond acceptors (Lipinski definition) is 4. The van der Waals surface area contributed by atoms with Crippen LogP contribution in [-0.4, -0.2) is 40.9 Å². The van der Waals surface area contributed by atoms with Crippen molar-refractivity contribution in [2.24, 2.45) is 0 Å². The molecule has 0 bridgehead atoms. The van der Waals surface area contributed by atoms with Gasteiger partial charge >= 0.3 is 0 Å². The van der Waals surface area contributed by atoms with Crippen LogP contribution in [0.1, 0.15) is 33.6 Å². The van der Waals surface area contributed by atoms with Crippen LogP contribution in [0.25, 0.3) is 16.5 Å².